The summed E-state index contributed by atoms with van der Waals surface area (Å²) in [4.78, 5) is 0. The number of halogens is 1. The molecule has 0 saturated carbocycles. The Morgan fingerprint density at radius 1 is 1.29 bits per heavy atom. The van der Waals surface area contributed by atoms with Gasteiger partial charge in [-0.3, -0.25) is 0 Å². The van der Waals surface area contributed by atoms with Crippen LogP contribution in [0.5, 0.6) is 0 Å². The second-order valence-corrected chi connectivity index (χ2v) is 3.49. The van der Waals surface area contributed by atoms with E-state index in [2.05, 4.69) is 17.1 Å². The fourth-order valence-electron chi connectivity index (χ4n) is 1.05. The van der Waals surface area contributed by atoms with Gasteiger partial charge in [0.05, 0.1) is 12.3 Å². The molecule has 0 aliphatic heterocycles. The molecule has 0 atom stereocenters. The van der Waals surface area contributed by atoms with E-state index < -0.39 is 0 Å². The Kier molecular flexibility index (Phi) is 5.49. The first kappa shape index (κ1) is 11.4. The molecule has 0 aliphatic rings. The molecule has 0 N–H and O–H groups in total. The Morgan fingerprint density at radius 2 is 2.14 bits per heavy atom. The van der Waals surface area contributed by atoms with Crippen LogP contribution in [0, 0.1) is 0 Å². The standard InChI is InChI=1S/C10H15ClN2O/c1-2-3-4-7-14-8-9-5-6-10(11)13-12-9/h5-6H,2-4,7-8H2,1H3. The fraction of sp³-hybridized carbons (Fsp3) is 0.600. The minimum Gasteiger partial charge on any atom is -0.375 e. The van der Waals surface area contributed by atoms with E-state index in [1.54, 1.807) is 6.07 Å². The molecule has 0 bridgehead atoms. The van der Waals surface area contributed by atoms with E-state index in [0.29, 0.717) is 11.8 Å². The van der Waals surface area contributed by atoms with Crippen LogP contribution in [-0.2, 0) is 11.3 Å². The van der Waals surface area contributed by atoms with Gasteiger partial charge in [-0.25, -0.2) is 0 Å². The lowest BCUT2D eigenvalue weighted by molar-refractivity contribution is 0.114. The lowest BCUT2D eigenvalue weighted by Crippen LogP contribution is -1.98. The van der Waals surface area contributed by atoms with Gasteiger partial charge in [0, 0.05) is 6.61 Å². The summed E-state index contributed by atoms with van der Waals surface area (Å²) in [5, 5.41) is 8.04. The maximum absolute atomic E-state index is 5.60. The summed E-state index contributed by atoms with van der Waals surface area (Å²) in [5.74, 6) is 0. The Hall–Kier alpha value is -0.670. The van der Waals surface area contributed by atoms with Crippen LogP contribution < -0.4 is 0 Å². The number of hydrogen-bond donors (Lipinski definition) is 0. The van der Waals surface area contributed by atoms with Crippen molar-refractivity contribution in [2.75, 3.05) is 6.61 Å². The first-order valence-corrected chi connectivity index (χ1v) is 5.26. The topological polar surface area (TPSA) is 35.0 Å². The lowest BCUT2D eigenvalue weighted by atomic mass is 10.3. The van der Waals surface area contributed by atoms with Gasteiger partial charge in [0.2, 0.25) is 0 Å². The summed E-state index contributed by atoms with van der Waals surface area (Å²) in [6, 6.07) is 3.55. The number of nitrogens with zero attached hydrogens (tertiary/aromatic N) is 2. The second-order valence-electron chi connectivity index (χ2n) is 3.11. The molecule has 0 fully saturated rings. The molecular formula is C10H15ClN2O. The number of aromatic nitrogens is 2. The number of rotatable bonds is 6. The molecule has 4 heteroatoms. The average Bonchev–Trinajstić information content (AvgIpc) is 2.21. The summed E-state index contributed by atoms with van der Waals surface area (Å²) < 4.78 is 5.42. The molecule has 0 aliphatic carbocycles. The lowest BCUT2D eigenvalue weighted by Gasteiger charge is -2.02. The molecule has 0 spiro atoms. The van der Waals surface area contributed by atoms with E-state index in [9.17, 15) is 0 Å². The van der Waals surface area contributed by atoms with Gasteiger partial charge >= 0.3 is 0 Å². The van der Waals surface area contributed by atoms with Crippen LogP contribution in [0.4, 0.5) is 0 Å². The van der Waals surface area contributed by atoms with Crippen LogP contribution in [0.15, 0.2) is 12.1 Å². The first-order chi connectivity index (χ1) is 6.83. The van der Waals surface area contributed by atoms with Gasteiger partial charge in [-0.15, -0.1) is 5.10 Å². The molecule has 0 amide bonds. The quantitative estimate of drug-likeness (QED) is 0.683. The molecule has 1 rings (SSSR count). The van der Waals surface area contributed by atoms with Crippen LogP contribution >= 0.6 is 11.6 Å². The molecule has 0 aromatic carbocycles. The van der Waals surface area contributed by atoms with Crippen molar-refractivity contribution in [3.63, 3.8) is 0 Å². The van der Waals surface area contributed by atoms with Crippen molar-refractivity contribution in [2.45, 2.75) is 32.8 Å². The molecule has 78 valence electrons. The average molecular weight is 215 g/mol. The van der Waals surface area contributed by atoms with Crippen LogP contribution in [0.3, 0.4) is 0 Å². The zero-order valence-corrected chi connectivity index (χ0v) is 9.13. The van der Waals surface area contributed by atoms with Gasteiger partial charge in [-0.05, 0) is 18.6 Å². The van der Waals surface area contributed by atoms with Crippen LogP contribution in [0.2, 0.25) is 5.15 Å². The van der Waals surface area contributed by atoms with Crippen molar-refractivity contribution in [2.24, 2.45) is 0 Å². The summed E-state index contributed by atoms with van der Waals surface area (Å²) in [5.41, 5.74) is 0.825. The summed E-state index contributed by atoms with van der Waals surface area (Å²) >= 11 is 5.60. The third-order valence-corrected chi connectivity index (χ3v) is 2.03. The fourth-order valence-corrected chi connectivity index (χ4v) is 1.15. The van der Waals surface area contributed by atoms with E-state index in [4.69, 9.17) is 16.3 Å². The van der Waals surface area contributed by atoms with E-state index in [1.807, 2.05) is 6.07 Å². The highest BCUT2D eigenvalue weighted by atomic mass is 35.5. The molecule has 0 radical (unpaired) electrons. The largest absolute Gasteiger partial charge is 0.375 e. The van der Waals surface area contributed by atoms with Crippen molar-refractivity contribution in [1.82, 2.24) is 10.2 Å². The molecule has 1 heterocycles. The van der Waals surface area contributed by atoms with Gasteiger partial charge < -0.3 is 4.74 Å². The van der Waals surface area contributed by atoms with Gasteiger partial charge in [-0.2, -0.15) is 5.10 Å². The van der Waals surface area contributed by atoms with Crippen LogP contribution in [-0.4, -0.2) is 16.8 Å². The van der Waals surface area contributed by atoms with E-state index in [0.717, 1.165) is 18.7 Å². The maximum atomic E-state index is 5.60. The predicted octanol–water partition coefficient (Wildman–Crippen LogP) is 2.84. The normalized spacial score (nSPS) is 10.4. The van der Waals surface area contributed by atoms with Gasteiger partial charge in [0.1, 0.15) is 0 Å². The molecule has 14 heavy (non-hydrogen) atoms. The summed E-state index contributed by atoms with van der Waals surface area (Å²) in [7, 11) is 0. The van der Waals surface area contributed by atoms with Gasteiger partial charge in [0.15, 0.2) is 5.15 Å². The molecule has 1 aromatic rings. The molecule has 1 aromatic heterocycles. The SMILES string of the molecule is CCCCCOCc1ccc(Cl)nn1. The zero-order chi connectivity index (χ0) is 10.2. The van der Waals surface area contributed by atoms with Crippen molar-refractivity contribution >= 4 is 11.6 Å². The predicted molar refractivity (Wildman–Crippen MR) is 56.2 cm³/mol. The van der Waals surface area contributed by atoms with Gasteiger partial charge in [-0.1, -0.05) is 31.4 Å². The minimum atomic E-state index is 0.416. The Morgan fingerprint density at radius 3 is 2.79 bits per heavy atom. The highest BCUT2D eigenvalue weighted by molar-refractivity contribution is 6.29. The zero-order valence-electron chi connectivity index (χ0n) is 8.37. The van der Waals surface area contributed by atoms with Crippen molar-refractivity contribution in [3.8, 4) is 0 Å². The maximum Gasteiger partial charge on any atom is 0.151 e. The molecular weight excluding hydrogens is 200 g/mol. The molecule has 0 saturated heterocycles. The number of ether oxygens (including phenoxy) is 1. The van der Waals surface area contributed by atoms with Crippen LogP contribution in [0.25, 0.3) is 0 Å². The monoisotopic (exact) mass is 214 g/mol. The first-order valence-electron chi connectivity index (χ1n) is 4.88. The smallest absolute Gasteiger partial charge is 0.151 e. The van der Waals surface area contributed by atoms with E-state index in [1.165, 1.54) is 12.8 Å². The van der Waals surface area contributed by atoms with Crippen molar-refractivity contribution < 1.29 is 4.74 Å². The second kappa shape index (κ2) is 6.74. The Bertz CT molecular complexity index is 251. The molecule has 3 nitrogen and oxygen atoms in total. The molecule has 0 unspecified atom stereocenters. The Balaban J connectivity index is 2.15. The van der Waals surface area contributed by atoms with E-state index >= 15 is 0 Å². The number of unbranched alkanes of at least 4 members (excludes halogenated alkanes) is 2. The third kappa shape index (κ3) is 4.53. The third-order valence-electron chi connectivity index (χ3n) is 1.83. The highest BCUT2D eigenvalue weighted by Crippen LogP contribution is 2.03. The number of hydrogen-bond acceptors (Lipinski definition) is 3. The van der Waals surface area contributed by atoms with Crippen molar-refractivity contribution in [3.05, 3.63) is 23.0 Å². The van der Waals surface area contributed by atoms with Crippen LogP contribution in [0.1, 0.15) is 31.9 Å². The van der Waals surface area contributed by atoms with E-state index in [-0.39, 0.29) is 0 Å². The summed E-state index contributed by atoms with van der Waals surface area (Å²) in [6.45, 7) is 3.48. The Labute approximate surface area is 89.4 Å². The minimum absolute atomic E-state index is 0.416. The van der Waals surface area contributed by atoms with Gasteiger partial charge in [0.25, 0.3) is 0 Å². The summed E-state index contributed by atoms with van der Waals surface area (Å²) in [6.07, 6.45) is 3.54. The van der Waals surface area contributed by atoms with Crippen molar-refractivity contribution in [1.29, 1.82) is 0 Å². The highest BCUT2D eigenvalue weighted by Gasteiger charge is 1.95.